The minimum atomic E-state index is 0.764. The van der Waals surface area contributed by atoms with Crippen molar-refractivity contribution in [1.82, 2.24) is 14.8 Å². The number of hydrogen-bond donors (Lipinski definition) is 0. The fourth-order valence-corrected chi connectivity index (χ4v) is 5.43. The molecule has 0 amide bonds. The van der Waals surface area contributed by atoms with Gasteiger partial charge in [-0.3, -0.25) is 14.9 Å². The van der Waals surface area contributed by atoms with Gasteiger partial charge in [0.05, 0.1) is 18.8 Å². The standard InChI is InChI=1S/C28H37ClN4O.3C2H6/c1-32(2)18-26-25-16-31-27(24(25)6-8-28(26)34-19-21-3-4-21)7-5-20-10-13-33(14-11-20)17-23-15-22(29)9-12-30-23;3*1-2/h6,8-9,12,15,20-21H,3-5,7,10-11,13-14,16-19H2,1-2H3;3*1-2H3. The summed E-state index contributed by atoms with van der Waals surface area (Å²) in [6.45, 7) is 17.7. The highest BCUT2D eigenvalue weighted by Gasteiger charge is 2.26. The van der Waals surface area contributed by atoms with Gasteiger partial charge in [-0.25, -0.2) is 0 Å². The van der Waals surface area contributed by atoms with Gasteiger partial charge in [0.15, 0.2) is 0 Å². The lowest BCUT2D eigenvalue weighted by atomic mass is 9.89. The molecular formula is C34H55ClN4O. The summed E-state index contributed by atoms with van der Waals surface area (Å²) in [4.78, 5) is 14.2. The van der Waals surface area contributed by atoms with E-state index in [0.29, 0.717) is 0 Å². The van der Waals surface area contributed by atoms with Gasteiger partial charge in [-0.15, -0.1) is 0 Å². The Kier molecular flexibility index (Phi) is 15.8. The number of fused-ring (bicyclic) bond motifs is 1. The smallest absolute Gasteiger partial charge is 0.124 e. The van der Waals surface area contributed by atoms with Crippen LogP contribution < -0.4 is 4.74 Å². The Morgan fingerprint density at radius 3 is 2.27 bits per heavy atom. The van der Waals surface area contributed by atoms with Crippen LogP contribution in [0.2, 0.25) is 5.02 Å². The Balaban J connectivity index is 0.000000876. The molecule has 3 aliphatic rings. The van der Waals surface area contributed by atoms with Gasteiger partial charge in [0, 0.05) is 41.1 Å². The highest BCUT2D eigenvalue weighted by atomic mass is 35.5. The van der Waals surface area contributed by atoms with Crippen molar-refractivity contribution in [3.63, 3.8) is 0 Å². The van der Waals surface area contributed by atoms with Crippen LogP contribution in [0.25, 0.3) is 0 Å². The van der Waals surface area contributed by atoms with Gasteiger partial charge in [0.1, 0.15) is 5.75 Å². The second-order valence-electron chi connectivity index (χ2n) is 10.5. The normalized spacial score (nSPS) is 16.5. The maximum absolute atomic E-state index is 6.24. The summed E-state index contributed by atoms with van der Waals surface area (Å²) in [5, 5.41) is 0.771. The molecule has 1 aromatic heterocycles. The number of rotatable bonds is 10. The van der Waals surface area contributed by atoms with Crippen LogP contribution in [0.3, 0.4) is 0 Å². The Hall–Kier alpha value is -1.95. The molecule has 5 nitrogen and oxygen atoms in total. The van der Waals surface area contributed by atoms with Gasteiger partial charge < -0.3 is 9.64 Å². The van der Waals surface area contributed by atoms with E-state index >= 15 is 0 Å². The second kappa shape index (κ2) is 18.5. The van der Waals surface area contributed by atoms with E-state index < -0.39 is 0 Å². The molecule has 5 rings (SSSR count). The summed E-state index contributed by atoms with van der Waals surface area (Å²) in [6.07, 6.45) is 9.24. The van der Waals surface area contributed by atoms with Crippen LogP contribution in [0.4, 0.5) is 0 Å². The van der Waals surface area contributed by atoms with E-state index in [0.717, 1.165) is 74.1 Å². The predicted octanol–water partition coefficient (Wildman–Crippen LogP) is 8.66. The molecule has 0 spiro atoms. The van der Waals surface area contributed by atoms with Gasteiger partial charge in [-0.2, -0.15) is 0 Å². The number of nitrogens with zero attached hydrogens (tertiary/aromatic N) is 4. The Labute approximate surface area is 250 Å². The van der Waals surface area contributed by atoms with Crippen molar-refractivity contribution >= 4 is 17.3 Å². The van der Waals surface area contributed by atoms with Crippen molar-refractivity contribution in [2.75, 3.05) is 33.8 Å². The Morgan fingerprint density at radius 2 is 1.65 bits per heavy atom. The van der Waals surface area contributed by atoms with E-state index in [-0.39, 0.29) is 0 Å². The number of likely N-dealkylation sites (tertiary alicyclic amines) is 1. The van der Waals surface area contributed by atoms with Crippen LogP contribution >= 0.6 is 11.6 Å². The molecule has 0 bridgehead atoms. The molecule has 3 heterocycles. The van der Waals surface area contributed by atoms with Crippen molar-refractivity contribution in [2.24, 2.45) is 16.8 Å². The average molecular weight is 571 g/mol. The zero-order valence-corrected chi connectivity index (χ0v) is 27.4. The fraction of sp³-hybridized carbons (Fsp3) is 0.647. The number of halogens is 1. The molecule has 1 aromatic carbocycles. The quantitative estimate of drug-likeness (QED) is 0.286. The van der Waals surface area contributed by atoms with Crippen molar-refractivity contribution in [3.8, 4) is 5.75 Å². The molecular weight excluding hydrogens is 516 g/mol. The molecule has 1 saturated carbocycles. The van der Waals surface area contributed by atoms with E-state index in [2.05, 4.69) is 41.0 Å². The molecule has 0 radical (unpaired) electrons. The maximum atomic E-state index is 6.24. The largest absolute Gasteiger partial charge is 0.493 e. The van der Waals surface area contributed by atoms with Crippen LogP contribution in [-0.2, 0) is 19.6 Å². The highest BCUT2D eigenvalue weighted by molar-refractivity contribution is 6.30. The molecule has 40 heavy (non-hydrogen) atoms. The van der Waals surface area contributed by atoms with Crippen molar-refractivity contribution in [1.29, 1.82) is 0 Å². The molecule has 224 valence electrons. The molecule has 1 saturated heterocycles. The summed E-state index contributed by atoms with van der Waals surface area (Å²) >= 11 is 6.12. The van der Waals surface area contributed by atoms with Gasteiger partial charge in [0.25, 0.3) is 0 Å². The van der Waals surface area contributed by atoms with Crippen molar-refractivity contribution < 1.29 is 4.74 Å². The zero-order chi connectivity index (χ0) is 29.5. The topological polar surface area (TPSA) is 41.0 Å². The first-order valence-electron chi connectivity index (χ1n) is 15.8. The molecule has 0 N–H and O–H groups in total. The average Bonchev–Trinajstić information content (AvgIpc) is 3.73. The fourth-order valence-electron chi connectivity index (χ4n) is 5.25. The summed E-state index contributed by atoms with van der Waals surface area (Å²) in [5.41, 5.74) is 6.46. The number of aliphatic imine (C=N–C) groups is 1. The lowest BCUT2D eigenvalue weighted by Crippen LogP contribution is -2.33. The third-order valence-corrected chi connectivity index (χ3v) is 7.67. The monoisotopic (exact) mass is 570 g/mol. The number of benzene rings is 1. The minimum Gasteiger partial charge on any atom is -0.493 e. The van der Waals surface area contributed by atoms with Gasteiger partial charge >= 0.3 is 0 Å². The number of pyridine rings is 1. The molecule has 2 aliphatic heterocycles. The Bertz CT molecular complexity index is 1030. The molecule has 2 fully saturated rings. The minimum absolute atomic E-state index is 0.764. The SMILES string of the molecule is CC.CC.CC.CN(C)Cc1c(OCC2CC2)ccc2c1CN=C2CCC1CCN(Cc2cc(Cl)ccn2)CC1. The second-order valence-corrected chi connectivity index (χ2v) is 11.0. The summed E-state index contributed by atoms with van der Waals surface area (Å²) in [5.74, 6) is 2.61. The van der Waals surface area contributed by atoms with Gasteiger partial charge in [-0.1, -0.05) is 53.1 Å². The zero-order valence-electron chi connectivity index (χ0n) is 26.6. The van der Waals surface area contributed by atoms with E-state index in [1.165, 1.54) is 54.5 Å². The van der Waals surface area contributed by atoms with Crippen molar-refractivity contribution in [3.05, 3.63) is 57.9 Å². The molecule has 0 atom stereocenters. The van der Waals surface area contributed by atoms with E-state index in [1.807, 2.05) is 53.7 Å². The van der Waals surface area contributed by atoms with Crippen LogP contribution in [0.15, 0.2) is 35.5 Å². The number of aromatic nitrogens is 1. The third-order valence-electron chi connectivity index (χ3n) is 7.43. The Morgan fingerprint density at radius 1 is 0.950 bits per heavy atom. The van der Waals surface area contributed by atoms with E-state index in [9.17, 15) is 0 Å². The maximum Gasteiger partial charge on any atom is 0.124 e. The molecule has 1 aliphatic carbocycles. The lowest BCUT2D eigenvalue weighted by Gasteiger charge is -2.31. The van der Waals surface area contributed by atoms with Crippen LogP contribution in [0.1, 0.15) is 102 Å². The first-order chi connectivity index (χ1) is 19.5. The third kappa shape index (κ3) is 10.5. The molecule has 6 heteroatoms. The number of ether oxygens (including phenoxy) is 1. The first kappa shape index (κ1) is 34.3. The lowest BCUT2D eigenvalue weighted by molar-refractivity contribution is 0.172. The van der Waals surface area contributed by atoms with Crippen molar-refractivity contribution in [2.45, 2.75) is 99.7 Å². The summed E-state index contributed by atoms with van der Waals surface area (Å²) < 4.78 is 6.24. The van der Waals surface area contributed by atoms with E-state index in [4.69, 9.17) is 21.3 Å². The number of hydrogen-bond acceptors (Lipinski definition) is 5. The summed E-state index contributed by atoms with van der Waals surface area (Å²) in [7, 11) is 4.27. The predicted molar refractivity (Wildman–Crippen MR) is 173 cm³/mol. The molecule has 0 unspecified atom stereocenters. The van der Waals surface area contributed by atoms with Crippen LogP contribution in [0.5, 0.6) is 5.75 Å². The van der Waals surface area contributed by atoms with Gasteiger partial charge in [-0.05, 0) is 107 Å². The first-order valence-corrected chi connectivity index (χ1v) is 16.2. The van der Waals surface area contributed by atoms with E-state index in [1.54, 1.807) is 6.20 Å². The highest BCUT2D eigenvalue weighted by Crippen LogP contribution is 2.35. The number of piperidine rings is 1. The van der Waals surface area contributed by atoms with Gasteiger partial charge in [0.2, 0.25) is 0 Å². The van der Waals surface area contributed by atoms with Crippen LogP contribution in [0, 0.1) is 11.8 Å². The summed E-state index contributed by atoms with van der Waals surface area (Å²) in [6, 6.07) is 8.29. The van der Waals surface area contributed by atoms with Crippen LogP contribution in [-0.4, -0.2) is 54.3 Å². The molecule has 2 aromatic rings.